The number of carbonyl (C=O) groups is 1. The summed E-state index contributed by atoms with van der Waals surface area (Å²) in [6, 6.07) is 15.3. The number of urea groups is 1. The van der Waals surface area contributed by atoms with Crippen molar-refractivity contribution in [3.05, 3.63) is 86.9 Å². The summed E-state index contributed by atoms with van der Waals surface area (Å²) >= 11 is 12.8. The van der Waals surface area contributed by atoms with E-state index in [0.717, 1.165) is 41.6 Å². The highest BCUT2D eigenvalue weighted by atomic mass is 35.5. The minimum absolute atomic E-state index is 0.0209. The van der Waals surface area contributed by atoms with Gasteiger partial charge in [-0.15, -0.1) is 0 Å². The van der Waals surface area contributed by atoms with E-state index < -0.39 is 0 Å². The van der Waals surface area contributed by atoms with Crippen molar-refractivity contribution in [3.8, 4) is 0 Å². The Morgan fingerprint density at radius 2 is 1.97 bits per heavy atom. The van der Waals surface area contributed by atoms with Crippen LogP contribution in [-0.2, 0) is 13.0 Å². The van der Waals surface area contributed by atoms with Crippen molar-refractivity contribution in [1.82, 2.24) is 31.5 Å². The van der Waals surface area contributed by atoms with E-state index in [1.54, 1.807) is 0 Å². The van der Waals surface area contributed by atoms with Crippen LogP contribution in [0.15, 0.2) is 48.5 Å². The second kappa shape index (κ2) is 11.4. The molecule has 8 nitrogen and oxygen atoms in total. The van der Waals surface area contributed by atoms with E-state index in [1.807, 2.05) is 55.5 Å². The van der Waals surface area contributed by atoms with Gasteiger partial charge in [-0.05, 0) is 61.4 Å². The molecule has 0 bridgehead atoms. The Labute approximate surface area is 227 Å². The van der Waals surface area contributed by atoms with Crippen LogP contribution in [0.3, 0.4) is 0 Å². The minimum atomic E-state index is -0.384. The van der Waals surface area contributed by atoms with E-state index in [2.05, 4.69) is 31.5 Å². The Kier molecular flexibility index (Phi) is 8.02. The fraction of sp³-hybridized carbons (Fsp3) is 0.407. The van der Waals surface area contributed by atoms with E-state index in [0.29, 0.717) is 40.9 Å². The van der Waals surface area contributed by atoms with Gasteiger partial charge in [0.2, 0.25) is 0 Å². The van der Waals surface area contributed by atoms with Gasteiger partial charge in [-0.25, -0.2) is 15.2 Å². The molecule has 196 valence electrons. The number of imidazole rings is 1. The Balaban J connectivity index is 1.31. The molecule has 2 fully saturated rings. The molecule has 1 saturated heterocycles. The maximum absolute atomic E-state index is 13.0. The predicted octanol–water partition coefficient (Wildman–Crippen LogP) is 4.45. The zero-order valence-corrected chi connectivity index (χ0v) is 22.2. The third kappa shape index (κ3) is 6.10. The highest BCUT2D eigenvalue weighted by molar-refractivity contribution is 6.30. The van der Waals surface area contributed by atoms with Gasteiger partial charge in [0.05, 0.1) is 17.9 Å². The normalized spacial score (nSPS) is 23.9. The molecule has 2 aliphatic rings. The fourth-order valence-corrected chi connectivity index (χ4v) is 5.95. The number of nitrogens with two attached hydrogens (primary N) is 1. The number of aromatic nitrogens is 2. The first-order valence-electron chi connectivity index (χ1n) is 12.7. The minimum Gasteiger partial charge on any atom is -0.343 e. The number of rotatable bonds is 7. The van der Waals surface area contributed by atoms with Crippen molar-refractivity contribution >= 4 is 29.2 Å². The molecule has 2 aromatic carbocycles. The van der Waals surface area contributed by atoms with Crippen molar-refractivity contribution in [1.29, 1.82) is 0 Å². The summed E-state index contributed by atoms with van der Waals surface area (Å²) in [6.07, 6.45) is 3.47. The molecule has 2 heterocycles. The lowest BCUT2D eigenvalue weighted by atomic mass is 9.77. The number of aryl methyl sites for hydroxylation is 1. The fourth-order valence-electron chi connectivity index (χ4n) is 5.46. The van der Waals surface area contributed by atoms with Gasteiger partial charge in [0.1, 0.15) is 5.82 Å². The monoisotopic (exact) mass is 541 g/mol. The SMILES string of the molecule is Cc1ccc(Cl)cc1CNC(=O)N[C@@H](Cc1ccccc1)c1nc(Cl)c(C2CCC3C(N)NNC3C2)[nH]1. The number of halogens is 2. The number of nitrogens with one attached hydrogen (secondary N) is 5. The first kappa shape index (κ1) is 26.0. The zero-order valence-electron chi connectivity index (χ0n) is 20.7. The van der Waals surface area contributed by atoms with Crippen LogP contribution in [0.2, 0.25) is 10.2 Å². The number of benzene rings is 2. The highest BCUT2D eigenvalue weighted by Crippen LogP contribution is 2.40. The van der Waals surface area contributed by atoms with Gasteiger partial charge >= 0.3 is 6.03 Å². The molecular weight excluding hydrogens is 509 g/mol. The zero-order chi connectivity index (χ0) is 25.9. The summed E-state index contributed by atoms with van der Waals surface area (Å²) in [5.41, 5.74) is 16.7. The molecule has 0 spiro atoms. The van der Waals surface area contributed by atoms with Crippen LogP contribution in [0, 0.1) is 12.8 Å². The molecule has 3 aromatic rings. The van der Waals surface area contributed by atoms with Crippen LogP contribution in [0.1, 0.15) is 59.4 Å². The van der Waals surface area contributed by atoms with Crippen LogP contribution < -0.4 is 27.2 Å². The molecule has 1 saturated carbocycles. The average molecular weight is 543 g/mol. The Morgan fingerprint density at radius 3 is 2.78 bits per heavy atom. The predicted molar refractivity (Wildman–Crippen MR) is 146 cm³/mol. The number of nitrogens with zero attached hydrogens (tertiary/aromatic N) is 1. The van der Waals surface area contributed by atoms with Gasteiger partial charge in [-0.1, -0.05) is 59.6 Å². The summed E-state index contributed by atoms with van der Waals surface area (Å²) in [4.78, 5) is 21.1. The molecule has 1 aliphatic heterocycles. The molecule has 2 amide bonds. The number of hydrazine groups is 1. The van der Waals surface area contributed by atoms with Crippen molar-refractivity contribution in [2.24, 2.45) is 11.7 Å². The van der Waals surface area contributed by atoms with Crippen molar-refractivity contribution in [3.63, 3.8) is 0 Å². The number of amides is 2. The average Bonchev–Trinajstić information content (AvgIpc) is 3.47. The van der Waals surface area contributed by atoms with Crippen molar-refractivity contribution < 1.29 is 4.79 Å². The lowest BCUT2D eigenvalue weighted by molar-refractivity contribution is 0.236. The van der Waals surface area contributed by atoms with Crippen LogP contribution in [-0.4, -0.2) is 28.2 Å². The van der Waals surface area contributed by atoms with E-state index in [9.17, 15) is 4.79 Å². The quantitative estimate of drug-likeness (QED) is 0.264. The molecule has 0 radical (unpaired) electrons. The van der Waals surface area contributed by atoms with E-state index in [1.165, 1.54) is 0 Å². The van der Waals surface area contributed by atoms with Crippen LogP contribution >= 0.6 is 23.2 Å². The van der Waals surface area contributed by atoms with Gasteiger partial charge in [0.15, 0.2) is 5.15 Å². The van der Waals surface area contributed by atoms with Crippen molar-refractivity contribution in [2.75, 3.05) is 0 Å². The van der Waals surface area contributed by atoms with E-state index in [-0.39, 0.29) is 24.2 Å². The number of hydrogen-bond acceptors (Lipinski definition) is 5. The summed E-state index contributed by atoms with van der Waals surface area (Å²) < 4.78 is 0. The molecule has 4 unspecified atom stereocenters. The number of H-pyrrole nitrogens is 1. The second-order valence-corrected chi connectivity index (χ2v) is 10.9. The van der Waals surface area contributed by atoms with Crippen LogP contribution in [0.4, 0.5) is 4.79 Å². The first-order valence-corrected chi connectivity index (χ1v) is 13.5. The Bertz CT molecular complexity index is 1230. The molecule has 7 N–H and O–H groups in total. The molecular formula is C27H33Cl2N7O. The third-order valence-corrected chi connectivity index (χ3v) is 8.10. The molecule has 10 heteroatoms. The van der Waals surface area contributed by atoms with Gasteiger partial charge in [0, 0.05) is 29.4 Å². The van der Waals surface area contributed by atoms with Gasteiger partial charge in [-0.3, -0.25) is 5.43 Å². The smallest absolute Gasteiger partial charge is 0.315 e. The second-order valence-electron chi connectivity index (χ2n) is 10.1. The molecule has 1 aromatic heterocycles. The maximum atomic E-state index is 13.0. The van der Waals surface area contributed by atoms with E-state index in [4.69, 9.17) is 28.9 Å². The summed E-state index contributed by atoms with van der Waals surface area (Å²) in [6.45, 7) is 2.36. The molecule has 5 rings (SSSR count). The summed E-state index contributed by atoms with van der Waals surface area (Å²) in [5, 5.41) is 7.16. The Hall–Kier alpha value is -2.62. The lowest BCUT2D eigenvalue weighted by Crippen LogP contribution is -2.39. The van der Waals surface area contributed by atoms with Gasteiger partial charge < -0.3 is 21.4 Å². The lowest BCUT2D eigenvalue weighted by Gasteiger charge is -2.31. The molecule has 1 aliphatic carbocycles. The Morgan fingerprint density at radius 1 is 1.16 bits per heavy atom. The van der Waals surface area contributed by atoms with Gasteiger partial charge in [-0.2, -0.15) is 0 Å². The number of hydrogen-bond donors (Lipinski definition) is 6. The number of aromatic amines is 1. The topological polar surface area (TPSA) is 120 Å². The number of fused-ring (bicyclic) bond motifs is 1. The summed E-state index contributed by atoms with van der Waals surface area (Å²) in [7, 11) is 0. The van der Waals surface area contributed by atoms with Crippen LogP contribution in [0.25, 0.3) is 0 Å². The van der Waals surface area contributed by atoms with Crippen LogP contribution in [0.5, 0.6) is 0 Å². The number of carbonyl (C=O) groups excluding carboxylic acids is 1. The summed E-state index contributed by atoms with van der Waals surface area (Å²) in [5.74, 6) is 1.30. The third-order valence-electron chi connectivity index (χ3n) is 7.58. The maximum Gasteiger partial charge on any atom is 0.315 e. The standard InChI is InChI=1S/C27H33Cl2N7O/c1-15-7-9-19(28)12-18(15)14-31-27(37)32-22(11-16-5-3-2-4-6-16)26-33-23(24(29)34-26)17-8-10-20-21(13-17)35-36-25(20)30/h2-7,9,12,17,20-22,25,35-36H,8,10-11,13-14,30H2,1H3,(H,33,34)(H2,31,32,37)/t17?,20?,21?,22-,25?/m0/s1. The first-order chi connectivity index (χ1) is 17.9. The molecule has 5 atom stereocenters. The van der Waals surface area contributed by atoms with Gasteiger partial charge in [0.25, 0.3) is 0 Å². The highest BCUT2D eigenvalue weighted by Gasteiger charge is 2.40. The largest absolute Gasteiger partial charge is 0.343 e. The van der Waals surface area contributed by atoms with Crippen molar-refractivity contribution in [2.45, 2.75) is 63.3 Å². The van der Waals surface area contributed by atoms with E-state index >= 15 is 0 Å². The molecule has 37 heavy (non-hydrogen) atoms.